The topological polar surface area (TPSA) is 16.4 Å². The molecule has 0 unspecified atom stereocenters. The molecule has 13 aromatic carbocycles. The Kier molecular flexibility index (Phi) is 8.02. The van der Waals surface area contributed by atoms with Crippen molar-refractivity contribution in [1.82, 2.24) is 0 Å². The lowest BCUT2D eigenvalue weighted by Gasteiger charge is -2.27. The Morgan fingerprint density at radius 3 is 1.33 bits per heavy atom. The van der Waals surface area contributed by atoms with Crippen LogP contribution in [0.4, 0.5) is 17.1 Å². The van der Waals surface area contributed by atoms with Gasteiger partial charge in [0.2, 0.25) is 0 Å². The monoisotopic (exact) mass is 837 g/mol. The molecule has 0 spiro atoms. The first-order valence-corrected chi connectivity index (χ1v) is 22.7. The van der Waals surface area contributed by atoms with E-state index in [1.807, 2.05) is 0 Å². The summed E-state index contributed by atoms with van der Waals surface area (Å²) in [5, 5.41) is 19.5. The summed E-state index contributed by atoms with van der Waals surface area (Å²) < 4.78 is 7.20. The zero-order valence-corrected chi connectivity index (χ0v) is 35.9. The van der Waals surface area contributed by atoms with Gasteiger partial charge in [-0.3, -0.25) is 0 Å². The fourth-order valence-corrected chi connectivity index (χ4v) is 11.0. The molecule has 14 aromatic rings. The van der Waals surface area contributed by atoms with Gasteiger partial charge in [0.25, 0.3) is 0 Å². The first-order chi connectivity index (χ1) is 32.7. The van der Waals surface area contributed by atoms with Crippen LogP contribution in [0.25, 0.3) is 120 Å². The van der Waals surface area contributed by atoms with E-state index in [4.69, 9.17) is 4.42 Å². The van der Waals surface area contributed by atoms with Crippen molar-refractivity contribution in [2.24, 2.45) is 0 Å². The number of hydrogen-bond donors (Lipinski definition) is 0. The van der Waals surface area contributed by atoms with Crippen LogP contribution in [0, 0.1) is 0 Å². The Bertz CT molecular complexity index is 4210. The second kappa shape index (κ2) is 14.4. The van der Waals surface area contributed by atoms with Crippen LogP contribution >= 0.6 is 0 Å². The van der Waals surface area contributed by atoms with Crippen molar-refractivity contribution in [2.75, 3.05) is 4.90 Å². The Morgan fingerprint density at radius 2 is 0.727 bits per heavy atom. The Morgan fingerprint density at radius 1 is 0.273 bits per heavy atom. The van der Waals surface area contributed by atoms with Crippen LogP contribution in [-0.2, 0) is 0 Å². The normalized spacial score (nSPS) is 11.9. The predicted octanol–water partition coefficient (Wildman–Crippen LogP) is 18.5. The van der Waals surface area contributed by atoms with Crippen molar-refractivity contribution in [3.05, 3.63) is 237 Å². The molecule has 0 fully saturated rings. The van der Waals surface area contributed by atoms with E-state index in [0.29, 0.717) is 0 Å². The third kappa shape index (κ3) is 5.49. The average Bonchev–Trinajstić information content (AvgIpc) is 3.77. The molecule has 14 rings (SSSR count). The largest absolute Gasteiger partial charge is 0.455 e. The van der Waals surface area contributed by atoms with Gasteiger partial charge in [-0.05, 0) is 141 Å². The molecule has 0 bridgehead atoms. The zero-order chi connectivity index (χ0) is 43.3. The van der Waals surface area contributed by atoms with E-state index in [0.717, 1.165) is 55.5 Å². The van der Waals surface area contributed by atoms with Gasteiger partial charge >= 0.3 is 0 Å². The molecule has 0 N–H and O–H groups in total. The third-order valence-electron chi connectivity index (χ3n) is 14.0. The smallest absolute Gasteiger partial charge is 0.143 e. The summed E-state index contributed by atoms with van der Waals surface area (Å²) in [5.41, 5.74) is 9.53. The number of rotatable bonds is 5. The fraction of sp³-hybridized carbons (Fsp3) is 0. The van der Waals surface area contributed by atoms with Crippen molar-refractivity contribution in [2.45, 2.75) is 0 Å². The highest BCUT2D eigenvalue weighted by Gasteiger charge is 2.24. The minimum atomic E-state index is 0.847. The lowest BCUT2D eigenvalue weighted by Crippen LogP contribution is -2.10. The van der Waals surface area contributed by atoms with Gasteiger partial charge in [0.05, 0.1) is 11.1 Å². The van der Waals surface area contributed by atoms with Gasteiger partial charge in [-0.25, -0.2) is 0 Å². The van der Waals surface area contributed by atoms with E-state index >= 15 is 0 Å². The SMILES string of the molecule is c1ccc(-c2ccc(N(c3ccc4c5ccccc5c5ccccc5c4c3)c3cccc4oc5c(-c6ccc7c8ccccc8c8ccccc8c7c6)c6ccccc6cc5c34)cc2)cc1. The number of benzene rings is 13. The Balaban J connectivity index is 1.05. The predicted molar refractivity (Wildman–Crippen MR) is 282 cm³/mol. The van der Waals surface area contributed by atoms with Crippen LogP contribution in [-0.4, -0.2) is 0 Å². The van der Waals surface area contributed by atoms with Gasteiger partial charge in [-0.15, -0.1) is 0 Å². The lowest BCUT2D eigenvalue weighted by atomic mass is 9.90. The Labute approximate surface area is 380 Å². The van der Waals surface area contributed by atoms with Crippen molar-refractivity contribution in [3.8, 4) is 22.3 Å². The molecule has 66 heavy (non-hydrogen) atoms. The van der Waals surface area contributed by atoms with Gasteiger partial charge in [-0.1, -0.05) is 188 Å². The lowest BCUT2D eigenvalue weighted by molar-refractivity contribution is 0.670. The van der Waals surface area contributed by atoms with Crippen LogP contribution in [0.2, 0.25) is 0 Å². The summed E-state index contributed by atoms with van der Waals surface area (Å²) >= 11 is 0. The number of anilines is 3. The van der Waals surface area contributed by atoms with E-state index in [1.165, 1.54) is 81.1 Å². The van der Waals surface area contributed by atoms with E-state index in [9.17, 15) is 0 Å². The summed E-state index contributed by atoms with van der Waals surface area (Å²) in [6.45, 7) is 0. The number of fused-ring (bicyclic) bond motifs is 16. The second-order valence-corrected chi connectivity index (χ2v) is 17.5. The zero-order valence-electron chi connectivity index (χ0n) is 35.9. The molecule has 2 heteroatoms. The molecule has 0 saturated carbocycles. The molecular formula is C64H39NO. The summed E-state index contributed by atoms with van der Waals surface area (Å²) in [6.07, 6.45) is 0. The minimum Gasteiger partial charge on any atom is -0.455 e. The van der Waals surface area contributed by atoms with Crippen LogP contribution in [0.15, 0.2) is 241 Å². The molecule has 0 aliphatic rings. The Hall–Kier alpha value is -8.72. The number of hydrogen-bond acceptors (Lipinski definition) is 2. The highest BCUT2D eigenvalue weighted by molar-refractivity contribution is 6.28. The van der Waals surface area contributed by atoms with E-state index < -0.39 is 0 Å². The standard InChI is InChI=1S/C64H39NO/c1-2-15-40(16-3-1)41-29-32-44(33-30-41)65(45-34-36-56-52-24-9-7-20-48(52)50-22-11-13-26-54(50)58(56)39-45)60-27-14-28-61-63(60)59-37-42-17-4-5-18-46(42)62(64(59)66-61)43-31-35-55-51-23-8-6-19-47(51)49-21-10-12-25-53(49)57(55)38-43/h1-39H. The molecule has 0 atom stereocenters. The first kappa shape index (κ1) is 36.7. The van der Waals surface area contributed by atoms with Gasteiger partial charge in [0.1, 0.15) is 11.2 Å². The molecule has 1 aromatic heterocycles. The van der Waals surface area contributed by atoms with Crippen molar-refractivity contribution in [1.29, 1.82) is 0 Å². The van der Waals surface area contributed by atoms with Gasteiger partial charge in [0, 0.05) is 22.3 Å². The summed E-state index contributed by atoms with van der Waals surface area (Å²) in [4.78, 5) is 2.43. The molecule has 306 valence electrons. The maximum absolute atomic E-state index is 7.20. The highest BCUT2D eigenvalue weighted by atomic mass is 16.3. The maximum Gasteiger partial charge on any atom is 0.143 e. The quantitative estimate of drug-likeness (QED) is 0.161. The third-order valence-corrected chi connectivity index (χ3v) is 14.0. The van der Waals surface area contributed by atoms with Gasteiger partial charge in [0.15, 0.2) is 0 Å². The molecule has 0 radical (unpaired) electrons. The van der Waals surface area contributed by atoms with Crippen LogP contribution < -0.4 is 4.90 Å². The molecule has 1 heterocycles. The van der Waals surface area contributed by atoms with E-state index in [2.05, 4.69) is 241 Å². The number of furan rings is 1. The average molecular weight is 838 g/mol. The van der Waals surface area contributed by atoms with E-state index in [1.54, 1.807) is 0 Å². The van der Waals surface area contributed by atoms with Crippen LogP contribution in [0.3, 0.4) is 0 Å². The molecule has 2 nitrogen and oxygen atoms in total. The maximum atomic E-state index is 7.20. The van der Waals surface area contributed by atoms with E-state index in [-0.39, 0.29) is 0 Å². The van der Waals surface area contributed by atoms with Gasteiger partial charge < -0.3 is 9.32 Å². The van der Waals surface area contributed by atoms with Gasteiger partial charge in [-0.2, -0.15) is 0 Å². The van der Waals surface area contributed by atoms with Crippen molar-refractivity contribution >= 4 is 114 Å². The molecular weight excluding hydrogens is 799 g/mol. The molecule has 0 amide bonds. The van der Waals surface area contributed by atoms with Crippen molar-refractivity contribution in [3.63, 3.8) is 0 Å². The first-order valence-electron chi connectivity index (χ1n) is 22.7. The highest BCUT2D eigenvalue weighted by Crippen LogP contribution is 2.49. The van der Waals surface area contributed by atoms with Crippen LogP contribution in [0.1, 0.15) is 0 Å². The second-order valence-electron chi connectivity index (χ2n) is 17.5. The molecule has 0 aliphatic carbocycles. The number of nitrogens with zero attached hydrogens (tertiary/aromatic N) is 1. The summed E-state index contributed by atoms with van der Waals surface area (Å²) in [5.74, 6) is 0. The van der Waals surface area contributed by atoms with Crippen LogP contribution in [0.5, 0.6) is 0 Å². The molecule has 0 saturated heterocycles. The fourth-order valence-electron chi connectivity index (χ4n) is 11.0. The minimum absolute atomic E-state index is 0.847. The summed E-state index contributed by atoms with van der Waals surface area (Å²) in [6, 6.07) is 86.5. The van der Waals surface area contributed by atoms with Crippen molar-refractivity contribution < 1.29 is 4.42 Å². The molecule has 0 aliphatic heterocycles. The summed E-state index contributed by atoms with van der Waals surface area (Å²) in [7, 11) is 0.